The van der Waals surface area contributed by atoms with Crippen molar-refractivity contribution in [2.24, 2.45) is 12.1 Å². The van der Waals surface area contributed by atoms with Gasteiger partial charge in [-0.3, -0.25) is 0 Å². The molecule has 2 aromatic heterocycles. The Morgan fingerprint density at radius 2 is 2.10 bits per heavy atom. The van der Waals surface area contributed by atoms with E-state index in [4.69, 9.17) is 17.0 Å². The number of hydrogen-bond acceptors (Lipinski definition) is 5. The number of hydrogen-bond donors (Lipinski definition) is 1. The zero-order valence-corrected chi connectivity index (χ0v) is 18.0. The van der Waals surface area contributed by atoms with Gasteiger partial charge in [0.2, 0.25) is 4.77 Å². The molecule has 3 aromatic rings. The number of benzene rings is 1. The van der Waals surface area contributed by atoms with Gasteiger partial charge in [-0.15, -0.1) is 0 Å². The smallest absolute Gasteiger partial charge is 0.216 e. The third-order valence-electron chi connectivity index (χ3n) is 4.87. The number of nitrogens with one attached hydrogen (secondary N) is 1. The van der Waals surface area contributed by atoms with Gasteiger partial charge in [0.05, 0.1) is 6.21 Å². The maximum atomic E-state index is 9.19. The number of aromatic nitrogens is 4. The SMILES string of the molecule is Cc1ccc(C(C)C)c(OCc2n[nH]c(=S)n2/N=C\c2cc(C#N)n(C)c2C)c1. The third-order valence-corrected chi connectivity index (χ3v) is 5.13. The fourth-order valence-corrected chi connectivity index (χ4v) is 3.20. The summed E-state index contributed by atoms with van der Waals surface area (Å²) in [5.74, 6) is 1.75. The molecule has 2 heterocycles. The number of H-pyrrole nitrogens is 1. The second kappa shape index (κ2) is 8.45. The van der Waals surface area contributed by atoms with Crippen molar-refractivity contribution in [3.63, 3.8) is 0 Å². The van der Waals surface area contributed by atoms with Gasteiger partial charge in [-0.05, 0) is 55.2 Å². The first-order chi connectivity index (χ1) is 13.8. The molecule has 8 heteroatoms. The first kappa shape index (κ1) is 20.6. The van der Waals surface area contributed by atoms with Gasteiger partial charge in [0.1, 0.15) is 24.1 Å². The van der Waals surface area contributed by atoms with Crippen molar-refractivity contribution >= 4 is 18.4 Å². The molecule has 0 bridgehead atoms. The predicted molar refractivity (Wildman–Crippen MR) is 115 cm³/mol. The Kier molecular flexibility index (Phi) is 5.99. The minimum atomic E-state index is 0.227. The molecule has 0 aliphatic heterocycles. The molecule has 0 saturated heterocycles. The molecule has 0 atom stereocenters. The summed E-state index contributed by atoms with van der Waals surface area (Å²) in [6, 6.07) is 10.2. The summed E-state index contributed by atoms with van der Waals surface area (Å²) in [5, 5.41) is 20.7. The normalized spacial score (nSPS) is 11.3. The van der Waals surface area contributed by atoms with Crippen LogP contribution in [0, 0.1) is 29.9 Å². The molecular formula is C21H24N6OS. The van der Waals surface area contributed by atoms with Crippen LogP contribution in [0.15, 0.2) is 29.4 Å². The van der Waals surface area contributed by atoms with Crippen molar-refractivity contribution in [1.82, 2.24) is 19.4 Å². The van der Waals surface area contributed by atoms with Crippen LogP contribution in [0.4, 0.5) is 0 Å². The zero-order valence-electron chi connectivity index (χ0n) is 17.2. The van der Waals surface area contributed by atoms with Crippen LogP contribution >= 0.6 is 12.2 Å². The first-order valence-corrected chi connectivity index (χ1v) is 9.73. The van der Waals surface area contributed by atoms with Crippen molar-refractivity contribution in [2.75, 3.05) is 0 Å². The monoisotopic (exact) mass is 408 g/mol. The van der Waals surface area contributed by atoms with Crippen LogP contribution in [0.1, 0.15) is 53.7 Å². The van der Waals surface area contributed by atoms with Crippen molar-refractivity contribution < 1.29 is 4.74 Å². The van der Waals surface area contributed by atoms with Crippen LogP contribution in [0.5, 0.6) is 5.75 Å². The molecule has 0 spiro atoms. The fourth-order valence-electron chi connectivity index (χ4n) is 3.00. The summed E-state index contributed by atoms with van der Waals surface area (Å²) >= 11 is 5.31. The molecule has 3 rings (SSSR count). The van der Waals surface area contributed by atoms with Crippen molar-refractivity contribution in [3.8, 4) is 11.8 Å². The fraction of sp³-hybridized carbons (Fsp3) is 0.333. The Morgan fingerprint density at radius 1 is 1.34 bits per heavy atom. The van der Waals surface area contributed by atoms with Gasteiger partial charge in [0.15, 0.2) is 5.82 Å². The van der Waals surface area contributed by atoms with Crippen LogP contribution < -0.4 is 4.74 Å². The van der Waals surface area contributed by atoms with E-state index in [9.17, 15) is 5.26 Å². The largest absolute Gasteiger partial charge is 0.485 e. The molecule has 0 fully saturated rings. The number of rotatable bonds is 6. The lowest BCUT2D eigenvalue weighted by Crippen LogP contribution is -2.06. The van der Waals surface area contributed by atoms with Crippen LogP contribution in [-0.2, 0) is 13.7 Å². The summed E-state index contributed by atoms with van der Waals surface area (Å²) in [6.45, 7) is 8.47. The minimum absolute atomic E-state index is 0.227. The van der Waals surface area contributed by atoms with E-state index in [0.29, 0.717) is 22.2 Å². The van der Waals surface area contributed by atoms with E-state index in [1.807, 2.05) is 31.5 Å². The second-order valence-electron chi connectivity index (χ2n) is 7.23. The molecule has 7 nitrogen and oxygen atoms in total. The summed E-state index contributed by atoms with van der Waals surface area (Å²) in [6.07, 6.45) is 1.68. The molecule has 0 unspecified atom stereocenters. The summed E-state index contributed by atoms with van der Waals surface area (Å²) in [4.78, 5) is 0. The molecule has 150 valence electrons. The molecule has 0 saturated carbocycles. The van der Waals surface area contributed by atoms with Crippen LogP contribution in [0.3, 0.4) is 0 Å². The number of nitrogens with zero attached hydrogens (tertiary/aromatic N) is 5. The quantitative estimate of drug-likeness (QED) is 0.485. The molecule has 1 N–H and O–H groups in total. The van der Waals surface area contributed by atoms with Gasteiger partial charge < -0.3 is 9.30 Å². The summed E-state index contributed by atoms with van der Waals surface area (Å²) < 4.78 is 9.81. The van der Waals surface area contributed by atoms with Gasteiger partial charge >= 0.3 is 0 Å². The predicted octanol–water partition coefficient (Wildman–Crippen LogP) is 4.35. The summed E-state index contributed by atoms with van der Waals surface area (Å²) in [5.41, 5.74) is 4.64. The van der Waals surface area contributed by atoms with Gasteiger partial charge in [-0.25, -0.2) is 5.10 Å². The van der Waals surface area contributed by atoms with E-state index in [1.54, 1.807) is 17.0 Å². The van der Waals surface area contributed by atoms with Crippen molar-refractivity contribution in [3.05, 3.63) is 62.9 Å². The lowest BCUT2D eigenvalue weighted by Gasteiger charge is -2.14. The van der Waals surface area contributed by atoms with Crippen molar-refractivity contribution in [1.29, 1.82) is 5.26 Å². The van der Waals surface area contributed by atoms with Crippen LogP contribution in [0.2, 0.25) is 0 Å². The highest BCUT2D eigenvalue weighted by Gasteiger charge is 2.12. The average molecular weight is 409 g/mol. The number of aryl methyl sites for hydroxylation is 1. The van der Waals surface area contributed by atoms with Gasteiger partial charge in [0, 0.05) is 18.3 Å². The van der Waals surface area contributed by atoms with E-state index in [1.165, 1.54) is 0 Å². The molecule has 0 aliphatic carbocycles. The van der Waals surface area contributed by atoms with E-state index in [0.717, 1.165) is 28.1 Å². The maximum absolute atomic E-state index is 9.19. The second-order valence-corrected chi connectivity index (χ2v) is 7.61. The maximum Gasteiger partial charge on any atom is 0.216 e. The molecule has 29 heavy (non-hydrogen) atoms. The summed E-state index contributed by atoms with van der Waals surface area (Å²) in [7, 11) is 1.85. The number of aromatic amines is 1. The van der Waals surface area contributed by atoms with Gasteiger partial charge in [0.25, 0.3) is 0 Å². The molecule has 0 radical (unpaired) electrons. The third kappa shape index (κ3) is 4.30. The standard InChI is InChI=1S/C21H24N6OS/c1-13(2)18-7-6-14(3)8-19(18)28-12-20-24-25-21(29)27(20)23-11-16-9-17(10-22)26(5)15(16)4/h6-9,11,13H,12H2,1-5H3,(H,25,29)/b23-11-. The van der Waals surface area contributed by atoms with Crippen molar-refractivity contribution in [2.45, 2.75) is 40.2 Å². The molecule has 0 amide bonds. The topological polar surface area (TPSA) is 83.9 Å². The molecule has 0 aliphatic rings. The first-order valence-electron chi connectivity index (χ1n) is 9.32. The van der Waals surface area contributed by atoms with Gasteiger partial charge in [-0.2, -0.15) is 20.1 Å². The van der Waals surface area contributed by atoms with E-state index in [2.05, 4.69) is 47.3 Å². The van der Waals surface area contributed by atoms with Gasteiger partial charge in [-0.1, -0.05) is 26.0 Å². The van der Waals surface area contributed by atoms with Crippen LogP contribution in [-0.4, -0.2) is 25.7 Å². The Labute approximate surface area is 175 Å². The lowest BCUT2D eigenvalue weighted by atomic mass is 10.0. The van der Waals surface area contributed by atoms with E-state index in [-0.39, 0.29) is 6.61 Å². The van der Waals surface area contributed by atoms with E-state index >= 15 is 0 Å². The van der Waals surface area contributed by atoms with Crippen LogP contribution in [0.25, 0.3) is 0 Å². The lowest BCUT2D eigenvalue weighted by molar-refractivity contribution is 0.286. The average Bonchev–Trinajstić information content (AvgIpc) is 3.17. The number of nitriles is 1. The Morgan fingerprint density at radius 3 is 2.76 bits per heavy atom. The molecule has 1 aromatic carbocycles. The Bertz CT molecular complexity index is 1160. The minimum Gasteiger partial charge on any atom is -0.485 e. The Balaban J connectivity index is 1.85. The Hall–Kier alpha value is -3.18. The molecular weight excluding hydrogens is 384 g/mol. The zero-order chi connectivity index (χ0) is 21.1. The van der Waals surface area contributed by atoms with E-state index < -0.39 is 0 Å². The highest BCUT2D eigenvalue weighted by molar-refractivity contribution is 7.71. The highest BCUT2D eigenvalue weighted by Crippen LogP contribution is 2.28. The number of ether oxygens (including phenoxy) is 1. The highest BCUT2D eigenvalue weighted by atomic mass is 32.1.